The van der Waals surface area contributed by atoms with Crippen molar-refractivity contribution < 1.29 is 4.74 Å². The highest BCUT2D eigenvalue weighted by molar-refractivity contribution is 6.30. The van der Waals surface area contributed by atoms with Crippen molar-refractivity contribution in [2.24, 2.45) is 0 Å². The Hall–Kier alpha value is -2.32. The molecule has 1 aromatic carbocycles. The number of halogens is 1. The van der Waals surface area contributed by atoms with Crippen molar-refractivity contribution in [3.63, 3.8) is 0 Å². The van der Waals surface area contributed by atoms with Crippen molar-refractivity contribution in [1.29, 1.82) is 5.26 Å². The Labute approximate surface area is 114 Å². The molecule has 0 saturated heterocycles. The standard InChI is InChI=1S/C13H10ClN3O2/c1-19-11-12(14)16-8-17(13(11)18)7-10-5-3-2-4-9(10)6-15/h2-5,8H,7H2,1H3. The van der Waals surface area contributed by atoms with Crippen LogP contribution >= 0.6 is 11.6 Å². The van der Waals surface area contributed by atoms with Gasteiger partial charge in [-0.15, -0.1) is 0 Å². The molecule has 96 valence electrons. The zero-order chi connectivity index (χ0) is 13.8. The van der Waals surface area contributed by atoms with Crippen LogP contribution in [-0.4, -0.2) is 16.7 Å². The number of benzene rings is 1. The molecule has 0 bridgehead atoms. The molecule has 0 atom stereocenters. The number of ether oxygens (including phenoxy) is 1. The molecule has 0 unspecified atom stereocenters. The SMILES string of the molecule is COc1c(Cl)ncn(Cc2ccccc2C#N)c1=O. The molecule has 2 rings (SSSR count). The Morgan fingerprint density at radius 1 is 1.47 bits per heavy atom. The second-order valence-corrected chi connectivity index (χ2v) is 4.13. The van der Waals surface area contributed by atoms with Gasteiger partial charge in [-0.05, 0) is 11.6 Å². The first kappa shape index (κ1) is 13.1. The number of hydrogen-bond acceptors (Lipinski definition) is 4. The zero-order valence-electron chi connectivity index (χ0n) is 10.1. The summed E-state index contributed by atoms with van der Waals surface area (Å²) < 4.78 is 6.27. The molecule has 0 amide bonds. The minimum Gasteiger partial charge on any atom is -0.489 e. The van der Waals surface area contributed by atoms with Gasteiger partial charge in [0.1, 0.15) is 0 Å². The number of aromatic nitrogens is 2. The lowest BCUT2D eigenvalue weighted by atomic mass is 10.1. The highest BCUT2D eigenvalue weighted by atomic mass is 35.5. The fourth-order valence-electron chi connectivity index (χ4n) is 1.69. The predicted molar refractivity (Wildman–Crippen MR) is 70.3 cm³/mol. The highest BCUT2D eigenvalue weighted by Gasteiger charge is 2.11. The lowest BCUT2D eigenvalue weighted by molar-refractivity contribution is 0.401. The summed E-state index contributed by atoms with van der Waals surface area (Å²) >= 11 is 5.76. The van der Waals surface area contributed by atoms with Crippen LogP contribution in [0.3, 0.4) is 0 Å². The zero-order valence-corrected chi connectivity index (χ0v) is 10.9. The van der Waals surface area contributed by atoms with Crippen LogP contribution in [-0.2, 0) is 6.54 Å². The Morgan fingerprint density at radius 3 is 2.89 bits per heavy atom. The summed E-state index contributed by atoms with van der Waals surface area (Å²) in [5, 5.41) is 9.04. The molecule has 5 nitrogen and oxygen atoms in total. The van der Waals surface area contributed by atoms with Gasteiger partial charge in [0.25, 0.3) is 5.56 Å². The van der Waals surface area contributed by atoms with Crippen molar-refractivity contribution in [2.75, 3.05) is 7.11 Å². The van der Waals surface area contributed by atoms with Crippen LogP contribution in [0.15, 0.2) is 35.4 Å². The first-order valence-corrected chi connectivity index (χ1v) is 5.82. The summed E-state index contributed by atoms with van der Waals surface area (Å²) in [5.41, 5.74) is 0.872. The maximum absolute atomic E-state index is 12.1. The molecule has 0 N–H and O–H groups in total. The average molecular weight is 276 g/mol. The third kappa shape index (κ3) is 2.59. The highest BCUT2D eigenvalue weighted by Crippen LogP contribution is 2.16. The van der Waals surface area contributed by atoms with Crippen LogP contribution < -0.4 is 10.3 Å². The lowest BCUT2D eigenvalue weighted by Crippen LogP contribution is -2.23. The maximum Gasteiger partial charge on any atom is 0.297 e. The number of nitriles is 1. The Bertz CT molecular complexity index is 704. The van der Waals surface area contributed by atoms with Crippen molar-refractivity contribution in [1.82, 2.24) is 9.55 Å². The molecule has 0 aliphatic rings. The van der Waals surface area contributed by atoms with Crippen molar-refractivity contribution in [2.45, 2.75) is 6.54 Å². The van der Waals surface area contributed by atoms with Crippen molar-refractivity contribution >= 4 is 11.6 Å². The van der Waals surface area contributed by atoms with E-state index in [-0.39, 0.29) is 23.0 Å². The smallest absolute Gasteiger partial charge is 0.297 e. The van der Waals surface area contributed by atoms with Crippen molar-refractivity contribution in [3.05, 3.63) is 57.2 Å². The second-order valence-electron chi connectivity index (χ2n) is 3.77. The van der Waals surface area contributed by atoms with Crippen LogP contribution in [0.4, 0.5) is 0 Å². The van der Waals surface area contributed by atoms with Gasteiger partial charge in [-0.25, -0.2) is 4.98 Å². The van der Waals surface area contributed by atoms with E-state index in [4.69, 9.17) is 21.6 Å². The van der Waals surface area contributed by atoms with E-state index in [0.29, 0.717) is 5.56 Å². The summed E-state index contributed by atoms with van der Waals surface area (Å²) in [4.78, 5) is 15.9. The van der Waals surface area contributed by atoms with E-state index >= 15 is 0 Å². The molecule has 0 saturated carbocycles. The summed E-state index contributed by atoms with van der Waals surface area (Å²) in [7, 11) is 1.36. The lowest BCUT2D eigenvalue weighted by Gasteiger charge is -2.09. The van der Waals surface area contributed by atoms with Gasteiger partial charge >= 0.3 is 0 Å². The van der Waals surface area contributed by atoms with Crippen LogP contribution in [0, 0.1) is 11.3 Å². The van der Waals surface area contributed by atoms with E-state index in [1.807, 2.05) is 6.07 Å². The average Bonchev–Trinajstić information content (AvgIpc) is 2.43. The van der Waals surface area contributed by atoms with Gasteiger partial charge in [0, 0.05) is 0 Å². The molecule has 6 heteroatoms. The van der Waals surface area contributed by atoms with Gasteiger partial charge in [0.05, 0.1) is 31.6 Å². The number of methoxy groups -OCH3 is 1. The minimum absolute atomic E-state index is 0.00129. The van der Waals surface area contributed by atoms with E-state index < -0.39 is 0 Å². The first-order valence-electron chi connectivity index (χ1n) is 5.44. The molecule has 19 heavy (non-hydrogen) atoms. The quantitative estimate of drug-likeness (QED) is 0.802. The normalized spacial score (nSPS) is 9.95. The third-order valence-corrected chi connectivity index (χ3v) is 2.90. The number of hydrogen-bond donors (Lipinski definition) is 0. The molecule has 1 heterocycles. The van der Waals surface area contributed by atoms with E-state index in [9.17, 15) is 4.79 Å². The Kier molecular flexibility index (Phi) is 3.83. The largest absolute Gasteiger partial charge is 0.489 e. The topological polar surface area (TPSA) is 67.9 Å². The fourth-order valence-corrected chi connectivity index (χ4v) is 1.89. The van der Waals surface area contributed by atoms with Gasteiger partial charge in [-0.3, -0.25) is 9.36 Å². The van der Waals surface area contributed by atoms with Gasteiger partial charge < -0.3 is 4.74 Å². The summed E-state index contributed by atoms with van der Waals surface area (Å²) in [6.45, 7) is 0.239. The van der Waals surface area contributed by atoms with Gasteiger partial charge in [-0.1, -0.05) is 29.8 Å². The Balaban J connectivity index is 2.45. The molecular weight excluding hydrogens is 266 g/mol. The first-order chi connectivity index (χ1) is 9.17. The maximum atomic E-state index is 12.1. The molecule has 0 aliphatic carbocycles. The summed E-state index contributed by atoms with van der Waals surface area (Å²) in [6, 6.07) is 9.14. The van der Waals surface area contributed by atoms with Crippen LogP contribution in [0.1, 0.15) is 11.1 Å². The summed E-state index contributed by atoms with van der Waals surface area (Å²) in [5.74, 6) is -0.00129. The summed E-state index contributed by atoms with van der Waals surface area (Å²) in [6.07, 6.45) is 1.33. The molecule has 0 aliphatic heterocycles. The van der Waals surface area contributed by atoms with Gasteiger partial charge in [0.2, 0.25) is 5.75 Å². The molecule has 0 spiro atoms. The minimum atomic E-state index is -0.379. The predicted octanol–water partition coefficient (Wildman–Crippen LogP) is 1.83. The monoisotopic (exact) mass is 275 g/mol. The molecule has 2 aromatic rings. The van der Waals surface area contributed by atoms with E-state index in [2.05, 4.69) is 11.1 Å². The van der Waals surface area contributed by atoms with Crippen LogP contribution in [0.2, 0.25) is 5.15 Å². The van der Waals surface area contributed by atoms with E-state index in [1.54, 1.807) is 18.2 Å². The van der Waals surface area contributed by atoms with E-state index in [1.165, 1.54) is 18.0 Å². The van der Waals surface area contributed by atoms with Gasteiger partial charge in [0.15, 0.2) is 5.15 Å². The van der Waals surface area contributed by atoms with Gasteiger partial charge in [-0.2, -0.15) is 5.26 Å². The number of rotatable bonds is 3. The third-order valence-electron chi connectivity index (χ3n) is 2.64. The molecule has 0 radical (unpaired) electrons. The number of nitrogens with zero attached hydrogens (tertiary/aromatic N) is 3. The molecule has 1 aromatic heterocycles. The Morgan fingerprint density at radius 2 is 2.21 bits per heavy atom. The van der Waals surface area contributed by atoms with Crippen molar-refractivity contribution in [3.8, 4) is 11.8 Å². The fraction of sp³-hybridized carbons (Fsp3) is 0.154. The second kappa shape index (κ2) is 5.55. The van der Waals surface area contributed by atoms with Crippen LogP contribution in [0.25, 0.3) is 0 Å². The van der Waals surface area contributed by atoms with E-state index in [0.717, 1.165) is 5.56 Å². The van der Waals surface area contributed by atoms with Crippen LogP contribution in [0.5, 0.6) is 5.75 Å². The molecular formula is C13H10ClN3O2. The molecule has 0 fully saturated rings.